The van der Waals surface area contributed by atoms with Crippen LogP contribution in [0.5, 0.6) is 0 Å². The Morgan fingerprint density at radius 3 is 2.61 bits per heavy atom. The quantitative estimate of drug-likeness (QED) is 0.782. The number of nitrogens with zero attached hydrogens (tertiary/aromatic N) is 4. The van der Waals surface area contributed by atoms with Gasteiger partial charge < -0.3 is 10.2 Å². The van der Waals surface area contributed by atoms with Crippen molar-refractivity contribution in [2.45, 2.75) is 38.8 Å². The summed E-state index contributed by atoms with van der Waals surface area (Å²) in [7, 11) is 1.65. The van der Waals surface area contributed by atoms with Crippen LogP contribution < -0.4 is 5.32 Å². The average molecular weight is 319 g/mol. The Morgan fingerprint density at radius 2 is 2.09 bits per heavy atom. The highest BCUT2D eigenvalue weighted by atomic mass is 16.2. The van der Waals surface area contributed by atoms with Crippen molar-refractivity contribution in [3.8, 4) is 0 Å². The van der Waals surface area contributed by atoms with Crippen LogP contribution >= 0.6 is 0 Å². The van der Waals surface area contributed by atoms with E-state index in [0.29, 0.717) is 6.42 Å². The fourth-order valence-corrected chi connectivity index (χ4v) is 2.33. The van der Waals surface area contributed by atoms with Crippen molar-refractivity contribution in [2.24, 2.45) is 0 Å². The third-order valence-electron chi connectivity index (χ3n) is 3.91. The molecule has 2 heterocycles. The van der Waals surface area contributed by atoms with Gasteiger partial charge in [-0.1, -0.05) is 0 Å². The van der Waals surface area contributed by atoms with Crippen molar-refractivity contribution in [1.29, 1.82) is 0 Å². The van der Waals surface area contributed by atoms with Crippen LogP contribution in [0.4, 0.5) is 4.79 Å². The fourth-order valence-electron chi connectivity index (χ4n) is 2.33. The summed E-state index contributed by atoms with van der Waals surface area (Å²) in [6, 6.07) is -0.670. The van der Waals surface area contributed by atoms with E-state index in [4.69, 9.17) is 0 Å². The molecular formula is C15H21N5O3. The van der Waals surface area contributed by atoms with E-state index >= 15 is 0 Å². The topological polar surface area (TPSA) is 95.5 Å². The first-order chi connectivity index (χ1) is 10.7. The van der Waals surface area contributed by atoms with Crippen LogP contribution in [-0.2, 0) is 16.0 Å². The summed E-state index contributed by atoms with van der Waals surface area (Å²) in [6.45, 7) is 4.83. The molecule has 8 nitrogen and oxygen atoms in total. The largest absolute Gasteiger partial charge is 0.341 e. The number of carbonyl (C=O) groups is 3. The summed E-state index contributed by atoms with van der Waals surface area (Å²) in [6.07, 6.45) is 5.37. The van der Waals surface area contributed by atoms with Gasteiger partial charge in [0.15, 0.2) is 0 Å². The summed E-state index contributed by atoms with van der Waals surface area (Å²) >= 11 is 0. The average Bonchev–Trinajstić information content (AvgIpc) is 2.69. The SMILES string of the molecule is CC(Cc1cnccn1)N(C)C(=O)CN1C(=O)NC(C)(C)C1=O. The number of aromatic nitrogens is 2. The van der Waals surface area contributed by atoms with Gasteiger partial charge in [0.25, 0.3) is 5.91 Å². The summed E-state index contributed by atoms with van der Waals surface area (Å²) in [5.74, 6) is -0.701. The molecule has 0 saturated carbocycles. The summed E-state index contributed by atoms with van der Waals surface area (Å²) in [4.78, 5) is 46.9. The zero-order chi connectivity index (χ0) is 17.2. The highest BCUT2D eigenvalue weighted by Gasteiger charge is 2.45. The maximum atomic E-state index is 12.3. The summed E-state index contributed by atoms with van der Waals surface area (Å²) < 4.78 is 0. The third-order valence-corrected chi connectivity index (χ3v) is 3.91. The minimum Gasteiger partial charge on any atom is -0.341 e. The molecule has 2 rings (SSSR count). The van der Waals surface area contributed by atoms with Crippen molar-refractivity contribution in [1.82, 2.24) is 25.1 Å². The molecule has 1 aliphatic rings. The number of urea groups is 1. The lowest BCUT2D eigenvalue weighted by atomic mass is 10.1. The van der Waals surface area contributed by atoms with E-state index in [1.165, 1.54) is 4.90 Å². The van der Waals surface area contributed by atoms with Crippen LogP contribution in [0.1, 0.15) is 26.5 Å². The molecule has 0 bridgehead atoms. The molecule has 0 aromatic carbocycles. The minimum atomic E-state index is -0.971. The molecule has 23 heavy (non-hydrogen) atoms. The van der Waals surface area contributed by atoms with E-state index in [-0.39, 0.29) is 18.5 Å². The molecule has 1 aromatic heterocycles. The van der Waals surface area contributed by atoms with Gasteiger partial charge in [-0.05, 0) is 20.8 Å². The molecule has 1 aliphatic heterocycles. The van der Waals surface area contributed by atoms with Crippen LogP contribution in [0.15, 0.2) is 18.6 Å². The molecule has 1 N–H and O–H groups in total. The van der Waals surface area contributed by atoms with E-state index in [2.05, 4.69) is 15.3 Å². The van der Waals surface area contributed by atoms with Gasteiger partial charge in [0.05, 0.1) is 5.69 Å². The second-order valence-corrected chi connectivity index (χ2v) is 6.20. The van der Waals surface area contributed by atoms with Crippen molar-refractivity contribution < 1.29 is 14.4 Å². The van der Waals surface area contributed by atoms with Gasteiger partial charge in [-0.3, -0.25) is 24.5 Å². The Morgan fingerprint density at radius 1 is 1.39 bits per heavy atom. The molecule has 8 heteroatoms. The second kappa shape index (κ2) is 6.31. The van der Waals surface area contributed by atoms with E-state index in [9.17, 15) is 14.4 Å². The van der Waals surface area contributed by atoms with Gasteiger partial charge in [-0.2, -0.15) is 0 Å². The number of nitrogens with one attached hydrogen (secondary N) is 1. The number of hydrogen-bond acceptors (Lipinski definition) is 5. The predicted octanol–water partition coefficient (Wildman–Crippen LogP) is 0.196. The fraction of sp³-hybridized carbons (Fsp3) is 0.533. The Hall–Kier alpha value is -2.51. The van der Waals surface area contributed by atoms with Crippen molar-refractivity contribution in [3.05, 3.63) is 24.3 Å². The molecule has 1 atom stereocenters. The number of imide groups is 1. The van der Waals surface area contributed by atoms with Gasteiger partial charge in [-0.25, -0.2) is 4.79 Å². The number of amides is 4. The second-order valence-electron chi connectivity index (χ2n) is 6.20. The molecular weight excluding hydrogens is 298 g/mol. The van der Waals surface area contributed by atoms with E-state index in [1.54, 1.807) is 39.5 Å². The van der Waals surface area contributed by atoms with Crippen LogP contribution in [0.25, 0.3) is 0 Å². The van der Waals surface area contributed by atoms with E-state index in [1.807, 2.05) is 6.92 Å². The van der Waals surface area contributed by atoms with E-state index in [0.717, 1.165) is 10.6 Å². The molecule has 4 amide bonds. The highest BCUT2D eigenvalue weighted by molar-refractivity contribution is 6.08. The monoisotopic (exact) mass is 319 g/mol. The first-order valence-corrected chi connectivity index (χ1v) is 7.37. The number of rotatable bonds is 5. The molecule has 0 spiro atoms. The van der Waals surface area contributed by atoms with Crippen molar-refractivity contribution >= 4 is 17.8 Å². The van der Waals surface area contributed by atoms with Gasteiger partial charge >= 0.3 is 6.03 Å². The van der Waals surface area contributed by atoms with Crippen molar-refractivity contribution in [2.75, 3.05) is 13.6 Å². The Bertz CT molecular complexity index is 617. The Kier molecular flexibility index (Phi) is 4.63. The van der Waals surface area contributed by atoms with Crippen molar-refractivity contribution in [3.63, 3.8) is 0 Å². The Labute approximate surface area is 134 Å². The standard InChI is InChI=1S/C15H21N5O3/c1-10(7-11-8-16-5-6-17-11)19(4)12(21)9-20-13(22)15(2,3)18-14(20)23/h5-6,8,10H,7,9H2,1-4H3,(H,18,23). The molecule has 1 fully saturated rings. The molecule has 1 saturated heterocycles. The molecule has 1 aromatic rings. The van der Waals surface area contributed by atoms with Crippen LogP contribution in [0.3, 0.4) is 0 Å². The predicted molar refractivity (Wildman–Crippen MR) is 82.3 cm³/mol. The zero-order valence-corrected chi connectivity index (χ0v) is 13.7. The van der Waals surface area contributed by atoms with Crippen LogP contribution in [-0.4, -0.2) is 62.8 Å². The van der Waals surface area contributed by atoms with Gasteiger partial charge in [0.1, 0.15) is 12.1 Å². The molecule has 124 valence electrons. The van der Waals surface area contributed by atoms with Crippen LogP contribution in [0, 0.1) is 0 Å². The summed E-state index contributed by atoms with van der Waals surface area (Å²) in [5, 5.41) is 2.55. The molecule has 0 aliphatic carbocycles. The minimum absolute atomic E-state index is 0.132. The summed E-state index contributed by atoms with van der Waals surface area (Å²) in [5.41, 5.74) is -0.197. The van der Waals surface area contributed by atoms with Gasteiger partial charge in [0, 0.05) is 38.1 Å². The lowest BCUT2D eigenvalue weighted by Gasteiger charge is -2.26. The third kappa shape index (κ3) is 3.64. The first kappa shape index (κ1) is 16.9. The molecule has 1 unspecified atom stereocenters. The maximum Gasteiger partial charge on any atom is 0.325 e. The first-order valence-electron chi connectivity index (χ1n) is 7.37. The number of carbonyl (C=O) groups excluding carboxylic acids is 3. The zero-order valence-electron chi connectivity index (χ0n) is 13.7. The van der Waals surface area contributed by atoms with Gasteiger partial charge in [-0.15, -0.1) is 0 Å². The smallest absolute Gasteiger partial charge is 0.325 e. The lowest BCUT2D eigenvalue weighted by Crippen LogP contribution is -2.46. The molecule has 0 radical (unpaired) electrons. The maximum absolute atomic E-state index is 12.3. The van der Waals surface area contributed by atoms with E-state index < -0.39 is 17.5 Å². The van der Waals surface area contributed by atoms with Gasteiger partial charge in [0.2, 0.25) is 5.91 Å². The highest BCUT2D eigenvalue weighted by Crippen LogP contribution is 2.16. The number of likely N-dealkylation sites (N-methyl/N-ethyl adjacent to an activating group) is 1. The van der Waals surface area contributed by atoms with Crippen LogP contribution in [0.2, 0.25) is 0 Å². The lowest BCUT2D eigenvalue weighted by molar-refractivity contribution is -0.138. The normalized spacial score (nSPS) is 17.8. The Balaban J connectivity index is 1.97. The number of hydrogen-bond donors (Lipinski definition) is 1.